The van der Waals surface area contributed by atoms with E-state index in [2.05, 4.69) is 32.8 Å². The van der Waals surface area contributed by atoms with Crippen LogP contribution >= 0.6 is 11.3 Å². The van der Waals surface area contributed by atoms with Gasteiger partial charge in [-0.15, -0.1) is 11.3 Å². The van der Waals surface area contributed by atoms with Crippen LogP contribution in [0.5, 0.6) is 0 Å². The Labute approximate surface area is 117 Å². The summed E-state index contributed by atoms with van der Waals surface area (Å²) in [6.45, 7) is 5.94. The maximum Gasteiger partial charge on any atom is 0.0952 e. The SMILES string of the molecule is COCC1CN(Cc2sccc2C)Cc2cncn21. The average Bonchev–Trinajstić information content (AvgIpc) is 3.00. The van der Waals surface area contributed by atoms with E-state index in [-0.39, 0.29) is 0 Å². The lowest BCUT2D eigenvalue weighted by atomic mass is 10.2. The third-order valence-corrected chi connectivity index (χ3v) is 4.70. The molecule has 2 aromatic rings. The van der Waals surface area contributed by atoms with E-state index in [0.29, 0.717) is 6.04 Å². The summed E-state index contributed by atoms with van der Waals surface area (Å²) in [5, 5.41) is 2.17. The number of imidazole rings is 1. The van der Waals surface area contributed by atoms with E-state index in [4.69, 9.17) is 4.74 Å². The molecule has 0 saturated carbocycles. The fourth-order valence-corrected chi connectivity index (χ4v) is 3.63. The molecule has 1 unspecified atom stereocenters. The van der Waals surface area contributed by atoms with Crippen LogP contribution < -0.4 is 0 Å². The molecule has 1 aliphatic heterocycles. The molecule has 0 amide bonds. The van der Waals surface area contributed by atoms with Crippen LogP contribution in [-0.4, -0.2) is 34.7 Å². The molecule has 0 fully saturated rings. The zero-order valence-corrected chi connectivity index (χ0v) is 12.2. The summed E-state index contributed by atoms with van der Waals surface area (Å²) in [5.41, 5.74) is 2.68. The molecule has 1 atom stereocenters. The van der Waals surface area contributed by atoms with Gasteiger partial charge < -0.3 is 9.30 Å². The van der Waals surface area contributed by atoms with Crippen LogP contribution in [0.1, 0.15) is 22.2 Å². The molecule has 4 nitrogen and oxygen atoms in total. The Hall–Kier alpha value is -1.17. The highest BCUT2D eigenvalue weighted by molar-refractivity contribution is 7.10. The van der Waals surface area contributed by atoms with Crippen molar-refractivity contribution in [3.05, 3.63) is 40.1 Å². The summed E-state index contributed by atoms with van der Waals surface area (Å²) in [5.74, 6) is 0. The number of fused-ring (bicyclic) bond motifs is 1. The number of rotatable bonds is 4. The van der Waals surface area contributed by atoms with Gasteiger partial charge in [0.2, 0.25) is 0 Å². The normalized spacial score (nSPS) is 19.6. The Morgan fingerprint density at radius 2 is 2.42 bits per heavy atom. The first-order valence-electron chi connectivity index (χ1n) is 6.53. The van der Waals surface area contributed by atoms with Crippen LogP contribution in [0.25, 0.3) is 0 Å². The number of methoxy groups -OCH3 is 1. The monoisotopic (exact) mass is 277 g/mol. The van der Waals surface area contributed by atoms with Crippen LogP contribution in [0.15, 0.2) is 24.0 Å². The van der Waals surface area contributed by atoms with Gasteiger partial charge in [0.25, 0.3) is 0 Å². The minimum Gasteiger partial charge on any atom is -0.382 e. The lowest BCUT2D eigenvalue weighted by Crippen LogP contribution is -2.38. The molecule has 0 spiro atoms. The Kier molecular flexibility index (Phi) is 3.68. The van der Waals surface area contributed by atoms with Crippen molar-refractivity contribution in [2.24, 2.45) is 0 Å². The second kappa shape index (κ2) is 5.45. The molecule has 0 bridgehead atoms. The second-order valence-electron chi connectivity index (χ2n) is 5.10. The summed E-state index contributed by atoms with van der Waals surface area (Å²) in [7, 11) is 1.76. The Morgan fingerprint density at radius 1 is 1.53 bits per heavy atom. The van der Waals surface area contributed by atoms with Gasteiger partial charge >= 0.3 is 0 Å². The van der Waals surface area contributed by atoms with Crippen molar-refractivity contribution in [3.8, 4) is 0 Å². The summed E-state index contributed by atoms with van der Waals surface area (Å²) in [6, 6.07) is 2.57. The van der Waals surface area contributed by atoms with Crippen molar-refractivity contribution >= 4 is 11.3 Å². The largest absolute Gasteiger partial charge is 0.382 e. The lowest BCUT2D eigenvalue weighted by Gasteiger charge is -2.34. The van der Waals surface area contributed by atoms with E-state index in [9.17, 15) is 0 Å². The zero-order chi connectivity index (χ0) is 13.2. The molecule has 0 N–H and O–H groups in total. The van der Waals surface area contributed by atoms with Gasteiger partial charge in [0.15, 0.2) is 0 Å². The van der Waals surface area contributed by atoms with Gasteiger partial charge in [0.05, 0.1) is 24.7 Å². The van der Waals surface area contributed by atoms with E-state index in [0.717, 1.165) is 26.2 Å². The van der Waals surface area contributed by atoms with Crippen LogP contribution in [0.2, 0.25) is 0 Å². The highest BCUT2D eigenvalue weighted by Gasteiger charge is 2.25. The van der Waals surface area contributed by atoms with E-state index in [1.165, 1.54) is 16.1 Å². The topological polar surface area (TPSA) is 30.3 Å². The minimum absolute atomic E-state index is 0.372. The molecule has 0 radical (unpaired) electrons. The quantitative estimate of drug-likeness (QED) is 0.860. The van der Waals surface area contributed by atoms with Crippen LogP contribution in [0, 0.1) is 6.92 Å². The van der Waals surface area contributed by atoms with E-state index in [1.54, 1.807) is 7.11 Å². The van der Waals surface area contributed by atoms with E-state index >= 15 is 0 Å². The number of aryl methyl sites for hydroxylation is 1. The zero-order valence-electron chi connectivity index (χ0n) is 11.4. The lowest BCUT2D eigenvalue weighted by molar-refractivity contribution is 0.0987. The highest BCUT2D eigenvalue weighted by atomic mass is 32.1. The van der Waals surface area contributed by atoms with Gasteiger partial charge in [-0.2, -0.15) is 0 Å². The molecule has 0 aromatic carbocycles. The maximum atomic E-state index is 5.34. The first kappa shape index (κ1) is 12.8. The van der Waals surface area contributed by atoms with Crippen molar-refractivity contribution in [1.82, 2.24) is 14.5 Å². The molecule has 0 saturated heterocycles. The number of nitrogens with zero attached hydrogens (tertiary/aromatic N) is 3. The second-order valence-corrected chi connectivity index (χ2v) is 6.10. The van der Waals surface area contributed by atoms with Crippen molar-refractivity contribution in [2.45, 2.75) is 26.1 Å². The van der Waals surface area contributed by atoms with Crippen LogP contribution in [0.3, 0.4) is 0 Å². The fraction of sp³-hybridized carbons (Fsp3) is 0.500. The van der Waals surface area contributed by atoms with Crippen LogP contribution in [0.4, 0.5) is 0 Å². The Bertz CT molecular complexity index is 548. The first-order chi connectivity index (χ1) is 9.28. The highest BCUT2D eigenvalue weighted by Crippen LogP contribution is 2.25. The van der Waals surface area contributed by atoms with E-state index < -0.39 is 0 Å². The summed E-state index contributed by atoms with van der Waals surface area (Å²) in [6.07, 6.45) is 3.89. The Morgan fingerprint density at radius 3 is 3.16 bits per heavy atom. The van der Waals surface area contributed by atoms with Gasteiger partial charge in [0.1, 0.15) is 0 Å². The summed E-state index contributed by atoms with van der Waals surface area (Å²) < 4.78 is 7.59. The van der Waals surface area contributed by atoms with Gasteiger partial charge in [-0.05, 0) is 23.9 Å². The molecule has 3 heterocycles. The number of thiophene rings is 1. The summed E-state index contributed by atoms with van der Waals surface area (Å²) >= 11 is 1.85. The predicted molar refractivity (Wildman–Crippen MR) is 76.3 cm³/mol. The smallest absolute Gasteiger partial charge is 0.0952 e. The molecular formula is C14H19N3OS. The van der Waals surface area contributed by atoms with Gasteiger partial charge in [0, 0.05) is 37.8 Å². The van der Waals surface area contributed by atoms with Crippen molar-refractivity contribution in [1.29, 1.82) is 0 Å². The molecule has 0 aliphatic carbocycles. The number of ether oxygens (including phenoxy) is 1. The molecule has 19 heavy (non-hydrogen) atoms. The summed E-state index contributed by atoms with van der Waals surface area (Å²) in [4.78, 5) is 8.22. The minimum atomic E-state index is 0.372. The Balaban J connectivity index is 1.77. The van der Waals surface area contributed by atoms with Gasteiger partial charge in [-0.1, -0.05) is 0 Å². The van der Waals surface area contributed by atoms with Gasteiger partial charge in [-0.3, -0.25) is 4.90 Å². The predicted octanol–water partition coefficient (Wildman–Crippen LogP) is 2.46. The molecule has 3 rings (SSSR count). The number of hydrogen-bond acceptors (Lipinski definition) is 4. The molecule has 1 aliphatic rings. The molecular weight excluding hydrogens is 258 g/mol. The average molecular weight is 277 g/mol. The fourth-order valence-electron chi connectivity index (χ4n) is 2.68. The van der Waals surface area contributed by atoms with Crippen LogP contribution in [-0.2, 0) is 17.8 Å². The van der Waals surface area contributed by atoms with E-state index in [1.807, 2.05) is 23.9 Å². The van der Waals surface area contributed by atoms with Crippen molar-refractivity contribution < 1.29 is 4.74 Å². The number of aromatic nitrogens is 2. The molecule has 5 heteroatoms. The molecule has 102 valence electrons. The third-order valence-electron chi connectivity index (χ3n) is 3.69. The van der Waals surface area contributed by atoms with Crippen molar-refractivity contribution in [2.75, 3.05) is 20.3 Å². The van der Waals surface area contributed by atoms with Gasteiger partial charge in [-0.25, -0.2) is 4.98 Å². The third kappa shape index (κ3) is 2.59. The first-order valence-corrected chi connectivity index (χ1v) is 7.41. The molecule has 2 aromatic heterocycles. The maximum absolute atomic E-state index is 5.34. The standard InChI is InChI=1S/C14H19N3OS/c1-11-3-4-19-14(11)8-16-6-12-5-15-10-17(12)13(7-16)9-18-2/h3-5,10,13H,6-9H2,1-2H3. The van der Waals surface area contributed by atoms with Crippen molar-refractivity contribution in [3.63, 3.8) is 0 Å². The number of hydrogen-bond donors (Lipinski definition) is 0.